The second-order valence-corrected chi connectivity index (χ2v) is 13.1. The highest BCUT2D eigenvalue weighted by molar-refractivity contribution is 7.59. The van der Waals surface area contributed by atoms with Crippen LogP contribution in [0.5, 0.6) is 0 Å². The summed E-state index contributed by atoms with van der Waals surface area (Å²) in [7, 11) is 0. The van der Waals surface area contributed by atoms with Crippen molar-refractivity contribution in [2.75, 3.05) is 13.1 Å². The lowest BCUT2D eigenvalue weighted by molar-refractivity contribution is -0.130. The van der Waals surface area contributed by atoms with Gasteiger partial charge in [0.1, 0.15) is 11.6 Å². The van der Waals surface area contributed by atoms with E-state index in [2.05, 4.69) is 38.9 Å². The van der Waals surface area contributed by atoms with Crippen molar-refractivity contribution < 1.29 is 9.59 Å². The number of imidazole rings is 2. The van der Waals surface area contributed by atoms with Crippen LogP contribution in [0.3, 0.4) is 0 Å². The van der Waals surface area contributed by atoms with Gasteiger partial charge in [-0.15, -0.1) is 0 Å². The van der Waals surface area contributed by atoms with Crippen LogP contribution in [0.4, 0.5) is 0 Å². The fourth-order valence-electron chi connectivity index (χ4n) is 7.14. The van der Waals surface area contributed by atoms with Crippen LogP contribution in [-0.2, 0) is 9.59 Å². The van der Waals surface area contributed by atoms with Gasteiger partial charge in [-0.25, -0.2) is 9.97 Å². The van der Waals surface area contributed by atoms with Crippen molar-refractivity contribution >= 4 is 49.8 Å². The maximum Gasteiger partial charge on any atom is 0.220 e. The van der Waals surface area contributed by atoms with Crippen LogP contribution in [0, 0.1) is 22.7 Å². The molecular weight excluding hydrogens is 589 g/mol. The molecule has 4 aromatic rings. The van der Waals surface area contributed by atoms with Gasteiger partial charge in [0, 0.05) is 38.1 Å². The first-order chi connectivity index (χ1) is 20.3. The lowest BCUT2D eigenvalue weighted by Gasteiger charge is -2.21. The molecule has 4 fully saturated rings. The molecule has 2 aliphatic heterocycles. The maximum absolute atomic E-state index is 12.3. The van der Waals surface area contributed by atoms with Crippen LogP contribution in [0.15, 0.2) is 48.7 Å². The Balaban J connectivity index is 0.00000171. The third-order valence-electron chi connectivity index (χ3n) is 10.0. The predicted octanol–water partition coefficient (Wildman–Crippen LogP) is 5.73. The number of fused-ring (bicyclic) bond motifs is 1. The molecular formula is C34H38N6O2S2. The molecule has 1 unspecified atom stereocenters. The molecule has 2 aromatic heterocycles. The molecule has 2 saturated carbocycles. The van der Waals surface area contributed by atoms with Crippen LogP contribution >= 0.6 is 27.0 Å². The summed E-state index contributed by atoms with van der Waals surface area (Å²) in [6, 6.07) is 14.3. The zero-order valence-corrected chi connectivity index (χ0v) is 27.0. The highest BCUT2D eigenvalue weighted by atomic mass is 32.1. The van der Waals surface area contributed by atoms with Gasteiger partial charge in [0.25, 0.3) is 0 Å². The molecule has 0 bridgehead atoms. The quantitative estimate of drug-likeness (QED) is 0.284. The Kier molecular flexibility index (Phi) is 7.61. The second-order valence-electron chi connectivity index (χ2n) is 13.1. The number of aromatic nitrogens is 4. The fraction of sp³-hybridized carbons (Fsp3) is 0.412. The maximum atomic E-state index is 12.3. The van der Waals surface area contributed by atoms with Crippen LogP contribution in [0.1, 0.15) is 87.2 Å². The van der Waals surface area contributed by atoms with Crippen LogP contribution < -0.4 is 0 Å². The Morgan fingerprint density at radius 3 is 1.95 bits per heavy atom. The average Bonchev–Trinajstić information content (AvgIpc) is 3.59. The van der Waals surface area contributed by atoms with Crippen molar-refractivity contribution in [3.8, 4) is 23.1 Å². The minimum absolute atomic E-state index is 0. The first kappa shape index (κ1) is 30.4. The normalized spacial score (nSPS) is 22.0. The van der Waals surface area contributed by atoms with Crippen LogP contribution in [0.25, 0.3) is 22.3 Å². The first-order valence-corrected chi connectivity index (χ1v) is 15.0. The van der Waals surface area contributed by atoms with Gasteiger partial charge in [-0.3, -0.25) is 9.59 Å². The van der Waals surface area contributed by atoms with E-state index in [1.165, 1.54) is 25.7 Å². The van der Waals surface area contributed by atoms with Crippen molar-refractivity contribution in [2.24, 2.45) is 10.8 Å². The molecule has 2 atom stereocenters. The number of hydrogen-bond donors (Lipinski definition) is 2. The number of H-pyrrole nitrogens is 2. The number of likely N-dealkylation sites (tertiary alicyclic amines) is 2. The SMILES string of the molecule is CC(=O)N1CC2(CC2)CC1c1nc2ccc(C#Cc3ccc(-c4cnc([C@@H]5CC6(CC6)CN5C(C)=O)[nH]4)cc3)cc2[nH]1.S.S. The number of carbonyl (C=O) groups is 2. The van der Waals surface area contributed by atoms with E-state index in [0.717, 1.165) is 71.0 Å². The van der Waals surface area contributed by atoms with Crippen molar-refractivity contribution in [2.45, 2.75) is 64.5 Å². The topological polar surface area (TPSA) is 98.0 Å². The summed E-state index contributed by atoms with van der Waals surface area (Å²) in [5.74, 6) is 8.57. The number of aromatic amines is 2. The number of nitrogens with one attached hydrogen (secondary N) is 2. The fourth-order valence-corrected chi connectivity index (χ4v) is 7.14. The summed E-state index contributed by atoms with van der Waals surface area (Å²) >= 11 is 0. The smallest absolute Gasteiger partial charge is 0.220 e. The van der Waals surface area contributed by atoms with Gasteiger partial charge in [0.05, 0.1) is 35.0 Å². The average molecular weight is 627 g/mol. The van der Waals surface area contributed by atoms with Gasteiger partial charge in [-0.1, -0.05) is 24.0 Å². The Morgan fingerprint density at radius 1 is 0.795 bits per heavy atom. The molecule has 2 spiro atoms. The summed E-state index contributed by atoms with van der Waals surface area (Å²) in [6.07, 6.45) is 8.69. The Hall–Kier alpha value is -3.68. The molecule has 10 heteroatoms. The van der Waals surface area contributed by atoms with Gasteiger partial charge in [0.2, 0.25) is 11.8 Å². The van der Waals surface area contributed by atoms with E-state index < -0.39 is 0 Å². The summed E-state index contributed by atoms with van der Waals surface area (Å²) in [5, 5.41) is 0. The number of benzene rings is 2. The highest BCUT2D eigenvalue weighted by Crippen LogP contribution is 2.59. The Labute approximate surface area is 271 Å². The summed E-state index contributed by atoms with van der Waals surface area (Å²) < 4.78 is 0. The zero-order chi connectivity index (χ0) is 28.6. The van der Waals surface area contributed by atoms with Gasteiger partial charge in [-0.2, -0.15) is 27.0 Å². The lowest BCUT2D eigenvalue weighted by Crippen LogP contribution is -2.29. The van der Waals surface area contributed by atoms with Gasteiger partial charge in [-0.05, 0) is 85.3 Å². The Bertz CT molecular complexity index is 1810. The molecule has 0 radical (unpaired) electrons. The summed E-state index contributed by atoms with van der Waals surface area (Å²) in [4.78, 5) is 45.0. The molecule has 44 heavy (non-hydrogen) atoms. The van der Waals surface area contributed by atoms with E-state index in [-0.39, 0.29) is 50.9 Å². The standard InChI is InChI=1S/C34H34N6O2.2H2S/c1-21(41)39-19-33(11-12-33)16-29(39)31-35-18-28(38-31)25-8-5-23(6-9-25)3-4-24-7-10-26-27(15-24)37-32(36-26)30-17-34(13-14-34)20-40(30)22(2)42;;/h5-10,15,18,29-30H,11-14,16-17,19-20H2,1-2H3,(H,35,38)(H,36,37);2*1H2/t29-,30?;;/m0../s1. The van der Waals surface area contributed by atoms with Crippen molar-refractivity contribution in [3.63, 3.8) is 0 Å². The second kappa shape index (κ2) is 11.0. The molecule has 2 saturated heterocycles. The molecule has 8 nitrogen and oxygen atoms in total. The van der Waals surface area contributed by atoms with Gasteiger partial charge >= 0.3 is 0 Å². The number of hydrogen-bond acceptors (Lipinski definition) is 4. The molecule has 2 amide bonds. The molecule has 2 N–H and O–H groups in total. The number of carbonyl (C=O) groups excluding carboxylic acids is 2. The highest BCUT2D eigenvalue weighted by Gasteiger charge is 2.54. The first-order valence-electron chi connectivity index (χ1n) is 15.0. The van der Waals surface area contributed by atoms with Crippen molar-refractivity contribution in [3.05, 3.63) is 71.4 Å². The number of rotatable bonds is 3. The minimum atomic E-state index is 0. The third-order valence-corrected chi connectivity index (χ3v) is 10.0. The molecule has 2 aliphatic carbocycles. The van der Waals surface area contributed by atoms with E-state index in [1.807, 2.05) is 46.3 Å². The zero-order valence-electron chi connectivity index (χ0n) is 25.0. The predicted molar refractivity (Wildman–Crippen MR) is 180 cm³/mol. The van der Waals surface area contributed by atoms with E-state index >= 15 is 0 Å². The van der Waals surface area contributed by atoms with E-state index in [1.54, 1.807) is 13.8 Å². The van der Waals surface area contributed by atoms with E-state index in [0.29, 0.717) is 10.8 Å². The summed E-state index contributed by atoms with van der Waals surface area (Å²) in [5.41, 5.74) is 6.30. The monoisotopic (exact) mass is 626 g/mol. The number of nitrogens with zero attached hydrogens (tertiary/aromatic N) is 4. The molecule has 228 valence electrons. The van der Waals surface area contributed by atoms with Crippen LogP contribution in [0.2, 0.25) is 0 Å². The van der Waals surface area contributed by atoms with E-state index in [4.69, 9.17) is 4.98 Å². The third kappa shape index (κ3) is 5.41. The van der Waals surface area contributed by atoms with E-state index in [9.17, 15) is 9.59 Å². The van der Waals surface area contributed by atoms with Crippen molar-refractivity contribution in [1.29, 1.82) is 0 Å². The molecule has 2 aromatic carbocycles. The minimum Gasteiger partial charge on any atom is -0.340 e. The van der Waals surface area contributed by atoms with Crippen LogP contribution in [-0.4, -0.2) is 54.6 Å². The largest absolute Gasteiger partial charge is 0.340 e. The number of amides is 2. The van der Waals surface area contributed by atoms with Gasteiger partial charge in [0.15, 0.2) is 0 Å². The van der Waals surface area contributed by atoms with Crippen molar-refractivity contribution in [1.82, 2.24) is 29.7 Å². The Morgan fingerprint density at radius 2 is 1.36 bits per heavy atom. The lowest BCUT2D eigenvalue weighted by atomic mass is 10.0. The molecule has 4 heterocycles. The molecule has 8 rings (SSSR count). The molecule has 4 aliphatic rings. The summed E-state index contributed by atoms with van der Waals surface area (Å²) in [6.45, 7) is 5.02. The van der Waals surface area contributed by atoms with Gasteiger partial charge < -0.3 is 19.8 Å².